The van der Waals surface area contributed by atoms with Crippen molar-refractivity contribution in [3.8, 4) is 11.5 Å². The standard InChI is InChI=1S/C27H27F7O3/c1-14-2-4-15(5-3-14)16-6-8-17(9-7-16)27(33,34)37-19-12-20(28)24(21(29)13-19)26(35)36-18-10-22(30)25(32)23(31)11-18/h10-17H,2-9H2,1H3. The summed E-state index contributed by atoms with van der Waals surface area (Å²) in [6, 6.07) is 1.45. The zero-order chi connectivity index (χ0) is 26.9. The summed E-state index contributed by atoms with van der Waals surface area (Å²) in [6.07, 6.45) is 2.58. The van der Waals surface area contributed by atoms with Crippen LogP contribution in [0.25, 0.3) is 0 Å². The van der Waals surface area contributed by atoms with Crippen molar-refractivity contribution in [2.24, 2.45) is 23.7 Å². The van der Waals surface area contributed by atoms with E-state index >= 15 is 0 Å². The number of hydrogen-bond donors (Lipinski definition) is 0. The van der Waals surface area contributed by atoms with Crippen LogP contribution in [0.5, 0.6) is 11.5 Å². The molecule has 202 valence electrons. The largest absolute Gasteiger partial charge is 0.432 e. The number of halogens is 7. The van der Waals surface area contributed by atoms with E-state index in [0.717, 1.165) is 25.7 Å². The summed E-state index contributed by atoms with van der Waals surface area (Å²) in [5.41, 5.74) is -1.29. The highest BCUT2D eigenvalue weighted by Crippen LogP contribution is 2.45. The number of alkyl halides is 2. The Bertz CT molecular complexity index is 1090. The first-order chi connectivity index (χ1) is 17.4. The minimum absolute atomic E-state index is 0.226. The Hall–Kier alpha value is -2.78. The summed E-state index contributed by atoms with van der Waals surface area (Å²) >= 11 is 0. The molecule has 37 heavy (non-hydrogen) atoms. The normalized spacial score (nSPS) is 24.5. The minimum atomic E-state index is -3.68. The van der Waals surface area contributed by atoms with Crippen LogP contribution in [0.4, 0.5) is 30.7 Å². The lowest BCUT2D eigenvalue weighted by molar-refractivity contribution is -0.224. The van der Waals surface area contributed by atoms with Crippen molar-refractivity contribution in [2.75, 3.05) is 0 Å². The first-order valence-electron chi connectivity index (χ1n) is 12.4. The molecular weight excluding hydrogens is 505 g/mol. The predicted octanol–water partition coefficient (Wildman–Crippen LogP) is 8.21. The van der Waals surface area contributed by atoms with Gasteiger partial charge >= 0.3 is 12.1 Å². The van der Waals surface area contributed by atoms with E-state index in [1.165, 1.54) is 0 Å². The van der Waals surface area contributed by atoms with Crippen molar-refractivity contribution in [3.05, 3.63) is 58.9 Å². The van der Waals surface area contributed by atoms with Gasteiger partial charge in [-0.1, -0.05) is 19.8 Å². The molecule has 3 nitrogen and oxygen atoms in total. The zero-order valence-electron chi connectivity index (χ0n) is 20.1. The van der Waals surface area contributed by atoms with Crippen LogP contribution in [0.2, 0.25) is 0 Å². The van der Waals surface area contributed by atoms with E-state index in [-0.39, 0.29) is 12.8 Å². The Labute approximate surface area is 209 Å². The van der Waals surface area contributed by atoms with Crippen molar-refractivity contribution >= 4 is 5.97 Å². The van der Waals surface area contributed by atoms with Crippen LogP contribution in [0.15, 0.2) is 24.3 Å². The summed E-state index contributed by atoms with van der Waals surface area (Å²) in [6.45, 7) is 2.22. The summed E-state index contributed by atoms with van der Waals surface area (Å²) in [4.78, 5) is 12.2. The van der Waals surface area contributed by atoms with E-state index in [2.05, 4.69) is 16.4 Å². The van der Waals surface area contributed by atoms with Gasteiger partial charge in [0.2, 0.25) is 0 Å². The fourth-order valence-electron chi connectivity index (χ4n) is 5.48. The monoisotopic (exact) mass is 532 g/mol. The lowest BCUT2D eigenvalue weighted by Crippen LogP contribution is -2.38. The molecule has 2 fully saturated rings. The number of esters is 1. The second kappa shape index (κ2) is 10.9. The van der Waals surface area contributed by atoms with E-state index in [4.69, 9.17) is 0 Å². The highest BCUT2D eigenvalue weighted by Gasteiger charge is 2.45. The second-order valence-corrected chi connectivity index (χ2v) is 10.1. The summed E-state index contributed by atoms with van der Waals surface area (Å²) in [5.74, 6) is -11.2. The molecule has 2 saturated carbocycles. The lowest BCUT2D eigenvalue weighted by atomic mass is 9.69. The molecule has 0 atom stereocenters. The van der Waals surface area contributed by atoms with E-state index < -0.39 is 64.1 Å². The molecule has 0 spiro atoms. The molecule has 0 N–H and O–H groups in total. The molecule has 2 aliphatic rings. The van der Waals surface area contributed by atoms with Gasteiger partial charge in [0.15, 0.2) is 17.5 Å². The van der Waals surface area contributed by atoms with Crippen LogP contribution in [-0.4, -0.2) is 12.1 Å². The van der Waals surface area contributed by atoms with Gasteiger partial charge in [0.05, 0.1) is 5.92 Å². The number of benzene rings is 2. The van der Waals surface area contributed by atoms with E-state index in [9.17, 15) is 35.5 Å². The zero-order valence-corrected chi connectivity index (χ0v) is 20.1. The maximum atomic E-state index is 14.9. The average Bonchev–Trinajstić information content (AvgIpc) is 2.82. The molecule has 4 rings (SSSR count). The van der Waals surface area contributed by atoms with Crippen molar-refractivity contribution in [1.82, 2.24) is 0 Å². The lowest BCUT2D eigenvalue weighted by Gasteiger charge is -2.38. The molecule has 2 aromatic rings. The maximum Gasteiger partial charge on any atom is 0.400 e. The Kier molecular flexibility index (Phi) is 8.04. The van der Waals surface area contributed by atoms with Gasteiger partial charge in [-0.15, -0.1) is 0 Å². The predicted molar refractivity (Wildman–Crippen MR) is 120 cm³/mol. The van der Waals surface area contributed by atoms with Crippen LogP contribution < -0.4 is 9.47 Å². The molecule has 0 aliphatic heterocycles. The third-order valence-electron chi connectivity index (χ3n) is 7.62. The fourth-order valence-corrected chi connectivity index (χ4v) is 5.48. The molecule has 0 bridgehead atoms. The van der Waals surface area contributed by atoms with Crippen LogP contribution in [0.1, 0.15) is 68.6 Å². The molecule has 2 aromatic carbocycles. The topological polar surface area (TPSA) is 35.5 Å². The van der Waals surface area contributed by atoms with Crippen molar-refractivity contribution in [3.63, 3.8) is 0 Å². The van der Waals surface area contributed by atoms with Crippen LogP contribution in [0.3, 0.4) is 0 Å². The Morgan fingerprint density at radius 3 is 1.70 bits per heavy atom. The van der Waals surface area contributed by atoms with Crippen molar-refractivity contribution < 1.29 is 45.0 Å². The molecule has 0 amide bonds. The minimum Gasteiger partial charge on any atom is -0.432 e. The van der Waals surface area contributed by atoms with Gasteiger partial charge in [-0.2, -0.15) is 8.78 Å². The molecular formula is C27H27F7O3. The quantitative estimate of drug-likeness (QED) is 0.163. The van der Waals surface area contributed by atoms with Gasteiger partial charge in [-0.05, 0) is 56.3 Å². The Morgan fingerprint density at radius 2 is 1.19 bits per heavy atom. The maximum absolute atomic E-state index is 14.9. The molecule has 10 heteroatoms. The highest BCUT2D eigenvalue weighted by atomic mass is 19.3. The molecule has 2 aliphatic carbocycles. The van der Waals surface area contributed by atoms with Gasteiger partial charge in [-0.3, -0.25) is 0 Å². The third kappa shape index (κ3) is 6.21. The van der Waals surface area contributed by atoms with Crippen LogP contribution in [0, 0.1) is 52.8 Å². The highest BCUT2D eigenvalue weighted by molar-refractivity contribution is 5.91. The summed E-state index contributed by atoms with van der Waals surface area (Å²) in [5, 5.41) is 0. The van der Waals surface area contributed by atoms with E-state index in [0.29, 0.717) is 54.9 Å². The summed E-state index contributed by atoms with van der Waals surface area (Å²) in [7, 11) is 0. The van der Waals surface area contributed by atoms with Gasteiger partial charge in [0.25, 0.3) is 0 Å². The fraction of sp³-hybridized carbons (Fsp3) is 0.519. The number of rotatable bonds is 6. The first kappa shape index (κ1) is 27.3. The van der Waals surface area contributed by atoms with Gasteiger partial charge < -0.3 is 9.47 Å². The third-order valence-corrected chi connectivity index (χ3v) is 7.62. The average molecular weight is 532 g/mol. The Morgan fingerprint density at radius 1 is 0.730 bits per heavy atom. The van der Waals surface area contributed by atoms with Crippen molar-refractivity contribution in [2.45, 2.75) is 64.4 Å². The van der Waals surface area contributed by atoms with E-state index in [1.54, 1.807) is 0 Å². The van der Waals surface area contributed by atoms with Gasteiger partial charge in [-0.25, -0.2) is 26.7 Å². The molecule has 0 radical (unpaired) electrons. The second-order valence-electron chi connectivity index (χ2n) is 10.1. The summed E-state index contributed by atoms with van der Waals surface area (Å²) < 4.78 is 108. The number of carbonyl (C=O) groups excluding carboxylic acids is 1. The molecule has 0 saturated heterocycles. The van der Waals surface area contributed by atoms with Crippen molar-refractivity contribution in [1.29, 1.82) is 0 Å². The number of hydrogen-bond acceptors (Lipinski definition) is 3. The molecule has 0 aromatic heterocycles. The SMILES string of the molecule is CC1CCC(C2CCC(C(F)(F)Oc3cc(F)c(C(=O)Oc4cc(F)c(F)c(F)c4)c(F)c3)CC2)CC1. The smallest absolute Gasteiger partial charge is 0.400 e. The van der Waals surface area contributed by atoms with E-state index in [1.807, 2.05) is 0 Å². The van der Waals surface area contributed by atoms with Crippen LogP contribution >= 0.6 is 0 Å². The number of carbonyl (C=O) groups is 1. The van der Waals surface area contributed by atoms with Crippen LogP contribution in [-0.2, 0) is 0 Å². The Balaban J connectivity index is 1.40. The number of ether oxygens (including phenoxy) is 2. The first-order valence-corrected chi connectivity index (χ1v) is 12.4. The van der Waals surface area contributed by atoms with Gasteiger partial charge in [0, 0.05) is 24.3 Å². The van der Waals surface area contributed by atoms with Gasteiger partial charge in [0.1, 0.15) is 28.7 Å². The molecule has 0 unspecified atom stereocenters. The molecule has 0 heterocycles.